The summed E-state index contributed by atoms with van der Waals surface area (Å²) in [7, 11) is 1.87. The lowest BCUT2D eigenvalue weighted by Crippen LogP contribution is -2.28. The van der Waals surface area contributed by atoms with Crippen molar-refractivity contribution in [3.8, 4) is 0 Å². The van der Waals surface area contributed by atoms with Crippen molar-refractivity contribution >= 4 is 0 Å². The van der Waals surface area contributed by atoms with E-state index in [2.05, 4.69) is 0 Å². The lowest BCUT2D eigenvalue weighted by atomic mass is 10.1. The van der Waals surface area contributed by atoms with E-state index < -0.39 is 11.3 Å². The zero-order chi connectivity index (χ0) is 10.7. The van der Waals surface area contributed by atoms with Crippen LogP contribution in [0.5, 0.6) is 0 Å². The van der Waals surface area contributed by atoms with Gasteiger partial charge in [0.2, 0.25) is 0 Å². The highest BCUT2D eigenvalue weighted by Gasteiger charge is 2.67. The Morgan fingerprint density at radius 2 is 1.69 bits per heavy atom. The maximum Gasteiger partial charge on any atom is 0.255 e. The zero-order valence-electron chi connectivity index (χ0n) is 9.32. The summed E-state index contributed by atoms with van der Waals surface area (Å²) in [6.45, 7) is 8.98. The number of hydrogen-bond donors (Lipinski definition) is 0. The molecule has 1 rings (SSSR count). The Morgan fingerprint density at radius 3 is 1.92 bits per heavy atom. The molecule has 0 aromatic rings. The average molecular weight is 193 g/mol. The number of nitrogens with zero attached hydrogens (tertiary/aromatic N) is 1. The summed E-state index contributed by atoms with van der Waals surface area (Å²) >= 11 is 0. The van der Waals surface area contributed by atoms with Gasteiger partial charge in [-0.2, -0.15) is 0 Å². The van der Waals surface area contributed by atoms with Gasteiger partial charge >= 0.3 is 0 Å². The van der Waals surface area contributed by atoms with Crippen LogP contribution >= 0.6 is 0 Å². The summed E-state index contributed by atoms with van der Waals surface area (Å²) in [5.41, 5.74) is -0.738. The molecule has 0 N–H and O–H groups in total. The first-order chi connectivity index (χ1) is 5.91. The van der Waals surface area contributed by atoms with Gasteiger partial charge in [0.1, 0.15) is 0 Å². The van der Waals surface area contributed by atoms with Crippen molar-refractivity contribution in [2.75, 3.05) is 20.1 Å². The van der Waals surface area contributed by atoms with Crippen LogP contribution in [0.4, 0.5) is 8.78 Å². The third kappa shape index (κ3) is 2.90. The van der Waals surface area contributed by atoms with E-state index >= 15 is 0 Å². The molecule has 0 aliphatic heterocycles. The molecule has 1 atom stereocenters. The third-order valence-corrected chi connectivity index (χ3v) is 2.53. The van der Waals surface area contributed by atoms with Crippen LogP contribution in [0.15, 0.2) is 0 Å². The zero-order valence-corrected chi connectivity index (χ0v) is 9.32. The van der Waals surface area contributed by atoms with Crippen LogP contribution in [-0.4, -0.2) is 31.0 Å². The Labute approximate surface area is 80.1 Å². The highest BCUT2D eigenvalue weighted by Crippen LogP contribution is 2.60. The van der Waals surface area contributed by atoms with Gasteiger partial charge in [0.05, 0.1) is 0 Å². The molecule has 0 spiro atoms. The third-order valence-electron chi connectivity index (χ3n) is 2.53. The number of rotatable bonds is 3. The van der Waals surface area contributed by atoms with Gasteiger partial charge in [-0.1, -0.05) is 27.7 Å². The predicted molar refractivity (Wildman–Crippen MR) is 52.2 cm³/mol. The summed E-state index contributed by atoms with van der Waals surface area (Å²) in [4.78, 5) is 1.93. The highest BCUT2D eigenvalue weighted by atomic mass is 19.3. The van der Waals surface area contributed by atoms with Crippen molar-refractivity contribution in [1.82, 2.24) is 4.90 Å². The molecule has 13 heavy (non-hydrogen) atoms. The van der Waals surface area contributed by atoms with E-state index in [0.29, 0.717) is 6.54 Å². The molecule has 1 nitrogen and oxygen atoms in total. The Balaban J connectivity index is 0.000000671. The second kappa shape index (κ2) is 4.36. The monoisotopic (exact) mass is 193 g/mol. The minimum absolute atomic E-state index is 0.0599. The number of alkyl halides is 2. The molecule has 0 saturated heterocycles. The smallest absolute Gasteiger partial charge is 0.255 e. The van der Waals surface area contributed by atoms with E-state index in [1.807, 2.05) is 32.7 Å². The van der Waals surface area contributed by atoms with Crippen LogP contribution in [0.2, 0.25) is 0 Å². The quantitative estimate of drug-likeness (QED) is 0.666. The van der Waals surface area contributed by atoms with Gasteiger partial charge in [-0.25, -0.2) is 8.78 Å². The van der Waals surface area contributed by atoms with Crippen LogP contribution in [-0.2, 0) is 0 Å². The van der Waals surface area contributed by atoms with Crippen molar-refractivity contribution in [2.45, 2.75) is 40.0 Å². The largest absolute Gasteiger partial charge is 0.306 e. The van der Waals surface area contributed by atoms with E-state index in [1.54, 1.807) is 6.92 Å². The second-order valence-electron chi connectivity index (χ2n) is 3.77. The molecule has 1 aliphatic carbocycles. The molecule has 1 unspecified atom stereocenters. The molecule has 80 valence electrons. The van der Waals surface area contributed by atoms with E-state index in [0.717, 1.165) is 6.54 Å². The number of halogens is 2. The normalized spacial score (nSPS) is 29.5. The Morgan fingerprint density at radius 1 is 1.31 bits per heavy atom. The van der Waals surface area contributed by atoms with Crippen molar-refractivity contribution in [1.29, 1.82) is 0 Å². The lowest BCUT2D eigenvalue weighted by molar-refractivity contribution is 0.0576. The van der Waals surface area contributed by atoms with E-state index in [9.17, 15) is 8.78 Å². The Kier molecular flexibility index (Phi) is 4.30. The maximum absolute atomic E-state index is 12.7. The van der Waals surface area contributed by atoms with Gasteiger partial charge in [0.25, 0.3) is 5.92 Å². The molecule has 0 bridgehead atoms. The molecule has 0 amide bonds. The molecular weight excluding hydrogens is 172 g/mol. The van der Waals surface area contributed by atoms with Crippen molar-refractivity contribution in [2.24, 2.45) is 5.41 Å². The average Bonchev–Trinajstić information content (AvgIpc) is 2.54. The first kappa shape index (κ1) is 12.8. The molecule has 1 fully saturated rings. The molecule has 0 aromatic carbocycles. The fourth-order valence-corrected chi connectivity index (χ4v) is 1.32. The van der Waals surface area contributed by atoms with Crippen LogP contribution in [0.1, 0.15) is 34.1 Å². The van der Waals surface area contributed by atoms with Gasteiger partial charge in [0.15, 0.2) is 0 Å². The summed E-state index contributed by atoms with van der Waals surface area (Å²) in [5, 5.41) is 0. The predicted octanol–water partition coefficient (Wildman–Crippen LogP) is 3.01. The topological polar surface area (TPSA) is 3.24 Å². The van der Waals surface area contributed by atoms with Gasteiger partial charge in [-0.05, 0) is 13.6 Å². The minimum Gasteiger partial charge on any atom is -0.306 e. The van der Waals surface area contributed by atoms with Gasteiger partial charge in [-0.3, -0.25) is 0 Å². The molecule has 1 aliphatic rings. The summed E-state index contributed by atoms with van der Waals surface area (Å²) in [6, 6.07) is 0. The van der Waals surface area contributed by atoms with Crippen LogP contribution in [0.3, 0.4) is 0 Å². The van der Waals surface area contributed by atoms with Crippen molar-refractivity contribution in [3.63, 3.8) is 0 Å². The lowest BCUT2D eigenvalue weighted by Gasteiger charge is -2.18. The maximum atomic E-state index is 12.7. The summed E-state index contributed by atoms with van der Waals surface area (Å²) < 4.78 is 25.3. The second-order valence-corrected chi connectivity index (χ2v) is 3.77. The Bertz CT molecular complexity index is 159. The molecule has 0 radical (unpaired) electrons. The highest BCUT2D eigenvalue weighted by molar-refractivity contribution is 5.08. The molecular formula is C10H21F2N. The summed E-state index contributed by atoms with van der Waals surface area (Å²) in [5.74, 6) is -2.41. The van der Waals surface area contributed by atoms with Crippen molar-refractivity contribution in [3.05, 3.63) is 0 Å². The fraction of sp³-hybridized carbons (Fsp3) is 1.00. The standard InChI is InChI=1S/C8H15F2N.C2H6/c1-4-11(3)6-7(2)5-8(7,9)10;1-2/h4-6H2,1-3H3;1-2H3. The van der Waals surface area contributed by atoms with Crippen molar-refractivity contribution < 1.29 is 8.78 Å². The van der Waals surface area contributed by atoms with Crippen LogP contribution in [0, 0.1) is 5.41 Å². The minimum atomic E-state index is -2.41. The van der Waals surface area contributed by atoms with Gasteiger partial charge in [0, 0.05) is 18.4 Å². The van der Waals surface area contributed by atoms with Crippen LogP contribution < -0.4 is 0 Å². The van der Waals surface area contributed by atoms with E-state index in [-0.39, 0.29) is 6.42 Å². The molecule has 0 aromatic heterocycles. The Hall–Kier alpha value is -0.180. The van der Waals surface area contributed by atoms with Gasteiger partial charge in [-0.15, -0.1) is 0 Å². The fourth-order valence-electron chi connectivity index (χ4n) is 1.32. The van der Waals surface area contributed by atoms with E-state index in [1.165, 1.54) is 0 Å². The van der Waals surface area contributed by atoms with E-state index in [4.69, 9.17) is 0 Å². The van der Waals surface area contributed by atoms with Crippen LogP contribution in [0.25, 0.3) is 0 Å². The summed E-state index contributed by atoms with van der Waals surface area (Å²) in [6.07, 6.45) is 0.0599. The SMILES string of the molecule is CC.CCN(C)CC1(C)CC1(F)F. The molecule has 1 saturated carbocycles. The molecule has 0 heterocycles. The first-order valence-corrected chi connectivity index (χ1v) is 4.98. The number of hydrogen-bond acceptors (Lipinski definition) is 1. The van der Waals surface area contributed by atoms with Gasteiger partial charge < -0.3 is 4.90 Å². The molecule has 3 heteroatoms. The first-order valence-electron chi connectivity index (χ1n) is 4.98.